The average Bonchev–Trinajstić information content (AvgIpc) is 3.24. The number of carbonyl (C=O) groups excluding carboxylic acids is 2. The molecule has 1 aromatic heterocycles. The van der Waals surface area contributed by atoms with Crippen LogP contribution in [-0.4, -0.2) is 38.3 Å². The van der Waals surface area contributed by atoms with Crippen molar-refractivity contribution in [1.29, 1.82) is 0 Å². The molecule has 1 aliphatic rings. The third-order valence-corrected chi connectivity index (χ3v) is 6.26. The zero-order valence-corrected chi connectivity index (χ0v) is 16.8. The van der Waals surface area contributed by atoms with Crippen molar-refractivity contribution in [3.63, 3.8) is 0 Å². The number of nitrogens with zero attached hydrogens (tertiary/aromatic N) is 1. The standard InChI is InChI=1S/C20H21NO7S/c1-3-27-19(22)13-17-16(18-5-4-12-28-18)10-11-21(20(17)23)29(24,25)15-8-6-14(26-2)7-9-15/h4-12,16-17H,3,13H2,1-2H3/t16-,17+/m1/s1. The van der Waals surface area contributed by atoms with Crippen LogP contribution in [0.25, 0.3) is 0 Å². The number of rotatable bonds is 7. The van der Waals surface area contributed by atoms with Crippen molar-refractivity contribution >= 4 is 21.9 Å². The molecule has 154 valence electrons. The Labute approximate surface area is 168 Å². The lowest BCUT2D eigenvalue weighted by atomic mass is 9.85. The summed E-state index contributed by atoms with van der Waals surface area (Å²) < 4.78 is 42.1. The highest BCUT2D eigenvalue weighted by molar-refractivity contribution is 7.89. The van der Waals surface area contributed by atoms with E-state index in [0.717, 1.165) is 0 Å². The molecule has 1 aromatic carbocycles. The molecule has 0 bridgehead atoms. The summed E-state index contributed by atoms with van der Waals surface area (Å²) >= 11 is 0. The maximum Gasteiger partial charge on any atom is 0.306 e. The van der Waals surface area contributed by atoms with E-state index in [-0.39, 0.29) is 17.9 Å². The molecule has 0 radical (unpaired) electrons. The molecule has 1 aliphatic heterocycles. The molecule has 2 heterocycles. The third-order valence-electron chi connectivity index (χ3n) is 4.58. The Bertz CT molecular complexity index is 994. The molecular weight excluding hydrogens is 398 g/mol. The van der Waals surface area contributed by atoms with Gasteiger partial charge in [-0.3, -0.25) is 9.59 Å². The number of sulfonamides is 1. The van der Waals surface area contributed by atoms with Gasteiger partial charge in [0.05, 0.1) is 37.2 Å². The Balaban J connectivity index is 1.96. The van der Waals surface area contributed by atoms with E-state index in [9.17, 15) is 18.0 Å². The number of carbonyl (C=O) groups is 2. The molecule has 3 rings (SSSR count). The average molecular weight is 419 g/mol. The zero-order valence-electron chi connectivity index (χ0n) is 16.0. The highest BCUT2D eigenvalue weighted by atomic mass is 32.2. The molecule has 0 aliphatic carbocycles. The van der Waals surface area contributed by atoms with Crippen LogP contribution in [0.4, 0.5) is 0 Å². The van der Waals surface area contributed by atoms with Gasteiger partial charge in [-0.1, -0.05) is 6.08 Å². The first kappa shape index (κ1) is 20.7. The number of allylic oxidation sites excluding steroid dienone is 1. The fourth-order valence-corrected chi connectivity index (χ4v) is 4.45. The summed E-state index contributed by atoms with van der Waals surface area (Å²) in [7, 11) is -2.68. The maximum atomic E-state index is 13.1. The number of furan rings is 1. The maximum absolute atomic E-state index is 13.1. The van der Waals surface area contributed by atoms with Gasteiger partial charge in [-0.05, 0) is 43.3 Å². The number of hydrogen-bond donors (Lipinski definition) is 0. The molecule has 2 aromatic rings. The van der Waals surface area contributed by atoms with Crippen molar-refractivity contribution in [3.8, 4) is 5.75 Å². The van der Waals surface area contributed by atoms with Crippen LogP contribution < -0.4 is 4.74 Å². The first-order valence-corrected chi connectivity index (χ1v) is 10.4. The summed E-state index contributed by atoms with van der Waals surface area (Å²) in [5.74, 6) is -1.91. The number of benzene rings is 1. The van der Waals surface area contributed by atoms with Gasteiger partial charge >= 0.3 is 5.97 Å². The number of amides is 1. The van der Waals surface area contributed by atoms with Crippen LogP contribution in [-0.2, 0) is 24.3 Å². The molecule has 0 unspecified atom stereocenters. The minimum absolute atomic E-state index is 0.0670. The van der Waals surface area contributed by atoms with Crippen LogP contribution in [0.15, 0.2) is 64.2 Å². The molecule has 29 heavy (non-hydrogen) atoms. The molecule has 0 fully saturated rings. The van der Waals surface area contributed by atoms with E-state index in [4.69, 9.17) is 13.9 Å². The topological polar surface area (TPSA) is 103 Å². The van der Waals surface area contributed by atoms with Gasteiger partial charge in [0, 0.05) is 12.1 Å². The third kappa shape index (κ3) is 4.19. The second-order valence-electron chi connectivity index (χ2n) is 6.31. The first-order valence-electron chi connectivity index (χ1n) is 8.98. The Morgan fingerprint density at radius 1 is 1.21 bits per heavy atom. The number of ether oxygens (including phenoxy) is 2. The van der Waals surface area contributed by atoms with Crippen molar-refractivity contribution in [3.05, 3.63) is 60.7 Å². The van der Waals surface area contributed by atoms with Crippen LogP contribution >= 0.6 is 0 Å². The molecular formula is C20H21NO7S. The summed E-state index contributed by atoms with van der Waals surface area (Å²) in [6.45, 7) is 1.82. The van der Waals surface area contributed by atoms with E-state index >= 15 is 0 Å². The molecule has 0 spiro atoms. The largest absolute Gasteiger partial charge is 0.497 e. The fraction of sp³-hybridized carbons (Fsp3) is 0.300. The second kappa shape index (κ2) is 8.52. The van der Waals surface area contributed by atoms with Crippen LogP contribution in [0.3, 0.4) is 0 Å². The molecule has 9 heteroatoms. The Hall–Kier alpha value is -3.07. The molecule has 0 saturated carbocycles. The molecule has 8 nitrogen and oxygen atoms in total. The smallest absolute Gasteiger partial charge is 0.306 e. The summed E-state index contributed by atoms with van der Waals surface area (Å²) in [5, 5.41) is 0. The minimum Gasteiger partial charge on any atom is -0.497 e. The van der Waals surface area contributed by atoms with Crippen molar-refractivity contribution < 1.29 is 31.9 Å². The van der Waals surface area contributed by atoms with Gasteiger partial charge in [0.15, 0.2) is 0 Å². The Morgan fingerprint density at radius 2 is 1.93 bits per heavy atom. The fourth-order valence-electron chi connectivity index (χ4n) is 3.14. The Morgan fingerprint density at radius 3 is 2.52 bits per heavy atom. The minimum atomic E-state index is -4.15. The van der Waals surface area contributed by atoms with Gasteiger partial charge in [-0.25, -0.2) is 12.7 Å². The van der Waals surface area contributed by atoms with E-state index in [1.807, 2.05) is 0 Å². The molecule has 0 N–H and O–H groups in total. The molecule has 2 atom stereocenters. The van der Waals surface area contributed by atoms with E-state index in [2.05, 4.69) is 0 Å². The van der Waals surface area contributed by atoms with Crippen LogP contribution in [0, 0.1) is 5.92 Å². The highest BCUT2D eigenvalue weighted by Crippen LogP contribution is 2.36. The lowest BCUT2D eigenvalue weighted by molar-refractivity contribution is -0.147. The predicted octanol–water partition coefficient (Wildman–Crippen LogP) is 2.69. The van der Waals surface area contributed by atoms with Crippen molar-refractivity contribution in [2.24, 2.45) is 5.92 Å². The highest BCUT2D eigenvalue weighted by Gasteiger charge is 2.42. The normalized spacial score (nSPS) is 19.2. The monoisotopic (exact) mass is 419 g/mol. The quantitative estimate of drug-likeness (QED) is 0.636. The van der Waals surface area contributed by atoms with Crippen LogP contribution in [0.1, 0.15) is 25.0 Å². The number of esters is 1. The van der Waals surface area contributed by atoms with Crippen molar-refractivity contribution in [2.45, 2.75) is 24.2 Å². The van der Waals surface area contributed by atoms with Gasteiger partial charge in [0.25, 0.3) is 10.0 Å². The van der Waals surface area contributed by atoms with Gasteiger partial charge in [-0.15, -0.1) is 0 Å². The lowest BCUT2D eigenvalue weighted by Gasteiger charge is -2.31. The zero-order chi connectivity index (χ0) is 21.0. The van der Waals surface area contributed by atoms with E-state index < -0.39 is 33.7 Å². The van der Waals surface area contributed by atoms with E-state index in [0.29, 0.717) is 15.8 Å². The number of methoxy groups -OCH3 is 1. The molecule has 0 saturated heterocycles. The van der Waals surface area contributed by atoms with Gasteiger partial charge in [0.1, 0.15) is 11.5 Å². The van der Waals surface area contributed by atoms with Crippen molar-refractivity contribution in [1.82, 2.24) is 4.31 Å². The van der Waals surface area contributed by atoms with Gasteiger partial charge < -0.3 is 13.9 Å². The van der Waals surface area contributed by atoms with Crippen LogP contribution in [0.2, 0.25) is 0 Å². The SMILES string of the molecule is CCOC(=O)C[C@@H]1C(=O)N(S(=O)(=O)c2ccc(OC)cc2)C=C[C@H]1c1ccco1. The van der Waals surface area contributed by atoms with E-state index in [1.165, 1.54) is 43.8 Å². The summed E-state index contributed by atoms with van der Waals surface area (Å²) in [6, 6.07) is 9.03. The number of hydrogen-bond acceptors (Lipinski definition) is 7. The molecule has 1 amide bonds. The second-order valence-corrected chi connectivity index (χ2v) is 8.13. The summed E-state index contributed by atoms with van der Waals surface area (Å²) in [5.41, 5.74) is 0. The lowest BCUT2D eigenvalue weighted by Crippen LogP contribution is -2.42. The van der Waals surface area contributed by atoms with Crippen molar-refractivity contribution in [2.75, 3.05) is 13.7 Å². The first-order chi connectivity index (χ1) is 13.9. The van der Waals surface area contributed by atoms with Gasteiger partial charge in [0.2, 0.25) is 5.91 Å². The summed E-state index contributed by atoms with van der Waals surface area (Å²) in [6.07, 6.45) is 3.94. The Kier molecular flexibility index (Phi) is 6.07. The van der Waals surface area contributed by atoms with Gasteiger partial charge in [-0.2, -0.15) is 0 Å². The van der Waals surface area contributed by atoms with E-state index in [1.54, 1.807) is 25.1 Å². The van der Waals surface area contributed by atoms with Crippen LogP contribution in [0.5, 0.6) is 5.75 Å². The predicted molar refractivity (Wildman–Crippen MR) is 102 cm³/mol. The summed E-state index contributed by atoms with van der Waals surface area (Å²) in [4.78, 5) is 25.1.